The lowest BCUT2D eigenvalue weighted by molar-refractivity contribution is 0.261. The van der Waals surface area contributed by atoms with Gasteiger partial charge in [0.05, 0.1) is 24.5 Å². The smallest absolute Gasteiger partial charge is 0.0866 e. The normalized spacial score (nSPS) is 18.8. The van der Waals surface area contributed by atoms with E-state index < -0.39 is 0 Å². The lowest BCUT2D eigenvalue weighted by atomic mass is 10.2. The van der Waals surface area contributed by atoms with E-state index in [-0.39, 0.29) is 6.61 Å². The van der Waals surface area contributed by atoms with Gasteiger partial charge in [0.15, 0.2) is 0 Å². The molecular weight excluding hydrogens is 154 g/mol. The Balaban J connectivity index is 2.19. The molecule has 1 heterocycles. The number of rotatable bonds is 2. The molecule has 66 valence electrons. The number of aliphatic hydroxyl groups is 1. The van der Waals surface area contributed by atoms with E-state index in [2.05, 4.69) is 10.3 Å². The van der Waals surface area contributed by atoms with Crippen molar-refractivity contribution in [1.82, 2.24) is 15.0 Å². The highest BCUT2D eigenvalue weighted by atomic mass is 16.3. The van der Waals surface area contributed by atoms with Crippen LogP contribution in [0, 0.1) is 0 Å². The molecule has 0 aliphatic heterocycles. The molecule has 1 fully saturated rings. The maximum Gasteiger partial charge on any atom is 0.0866 e. The van der Waals surface area contributed by atoms with Crippen molar-refractivity contribution in [3.63, 3.8) is 0 Å². The predicted octanol–water partition coefficient (Wildman–Crippen LogP) is 0.885. The van der Waals surface area contributed by atoms with Crippen molar-refractivity contribution >= 4 is 0 Å². The summed E-state index contributed by atoms with van der Waals surface area (Å²) in [4.78, 5) is 0. The maximum atomic E-state index is 8.97. The van der Waals surface area contributed by atoms with Crippen molar-refractivity contribution in [3.8, 4) is 0 Å². The van der Waals surface area contributed by atoms with Crippen LogP contribution in [-0.4, -0.2) is 20.1 Å². The average molecular weight is 167 g/mol. The summed E-state index contributed by atoms with van der Waals surface area (Å²) in [7, 11) is 0. The quantitative estimate of drug-likeness (QED) is 0.711. The van der Waals surface area contributed by atoms with Gasteiger partial charge in [-0.25, -0.2) is 4.68 Å². The van der Waals surface area contributed by atoms with Crippen LogP contribution in [-0.2, 0) is 6.61 Å². The largest absolute Gasteiger partial charge is 0.390 e. The first-order chi connectivity index (χ1) is 5.92. The Morgan fingerprint density at radius 3 is 2.92 bits per heavy atom. The third-order valence-corrected chi connectivity index (χ3v) is 2.48. The van der Waals surface area contributed by atoms with Crippen LogP contribution in [0.25, 0.3) is 0 Å². The van der Waals surface area contributed by atoms with Gasteiger partial charge in [0.2, 0.25) is 0 Å². The molecular formula is C8H13N3O. The molecule has 1 aliphatic carbocycles. The van der Waals surface area contributed by atoms with Gasteiger partial charge in [-0.3, -0.25) is 0 Å². The maximum absolute atomic E-state index is 8.97. The summed E-state index contributed by atoms with van der Waals surface area (Å²) in [5.41, 5.74) is 0.835. The first kappa shape index (κ1) is 7.73. The minimum atomic E-state index is 0.0451. The Bertz CT molecular complexity index is 253. The molecule has 1 N–H and O–H groups in total. The zero-order valence-electron chi connectivity index (χ0n) is 6.98. The number of aliphatic hydroxyl groups excluding tert-OH is 1. The number of aromatic nitrogens is 3. The summed E-state index contributed by atoms with van der Waals surface area (Å²) in [6.45, 7) is 0.0451. The number of nitrogens with zero attached hydrogens (tertiary/aromatic N) is 3. The highest BCUT2D eigenvalue weighted by Gasteiger charge is 2.19. The second kappa shape index (κ2) is 3.23. The molecule has 0 bridgehead atoms. The van der Waals surface area contributed by atoms with E-state index in [4.69, 9.17) is 5.11 Å². The molecule has 0 aromatic carbocycles. The van der Waals surface area contributed by atoms with Crippen LogP contribution in [0.15, 0.2) is 6.20 Å². The third kappa shape index (κ3) is 1.22. The second-order valence-corrected chi connectivity index (χ2v) is 3.27. The molecule has 2 rings (SSSR count). The van der Waals surface area contributed by atoms with E-state index >= 15 is 0 Å². The highest BCUT2D eigenvalue weighted by Crippen LogP contribution is 2.29. The Morgan fingerprint density at radius 1 is 1.50 bits per heavy atom. The summed E-state index contributed by atoms with van der Waals surface area (Å²) in [5.74, 6) is 0. The molecule has 0 unspecified atom stereocenters. The zero-order valence-corrected chi connectivity index (χ0v) is 6.98. The summed E-state index contributed by atoms with van der Waals surface area (Å²) in [6, 6.07) is 0.481. The SMILES string of the molecule is OCc1cnnn1C1CCCC1. The molecule has 4 nitrogen and oxygen atoms in total. The van der Waals surface area contributed by atoms with Gasteiger partial charge in [0, 0.05) is 0 Å². The Hall–Kier alpha value is -0.900. The fourth-order valence-corrected chi connectivity index (χ4v) is 1.83. The molecule has 1 aromatic heterocycles. The van der Waals surface area contributed by atoms with E-state index in [1.165, 1.54) is 25.7 Å². The zero-order chi connectivity index (χ0) is 8.39. The average Bonchev–Trinajstić information content (AvgIpc) is 2.74. The fraction of sp³-hybridized carbons (Fsp3) is 0.750. The minimum Gasteiger partial charge on any atom is -0.390 e. The first-order valence-electron chi connectivity index (χ1n) is 4.41. The van der Waals surface area contributed by atoms with Gasteiger partial charge in [-0.1, -0.05) is 18.1 Å². The van der Waals surface area contributed by atoms with E-state index in [1.54, 1.807) is 6.20 Å². The van der Waals surface area contributed by atoms with Gasteiger partial charge in [0.25, 0.3) is 0 Å². The van der Waals surface area contributed by atoms with Gasteiger partial charge in [-0.15, -0.1) is 5.10 Å². The van der Waals surface area contributed by atoms with E-state index in [9.17, 15) is 0 Å². The number of hydrogen-bond donors (Lipinski definition) is 1. The van der Waals surface area contributed by atoms with Gasteiger partial charge in [0.1, 0.15) is 0 Å². The molecule has 1 aromatic rings. The predicted molar refractivity (Wildman–Crippen MR) is 43.4 cm³/mol. The molecule has 12 heavy (non-hydrogen) atoms. The lowest BCUT2D eigenvalue weighted by Crippen LogP contribution is -2.10. The van der Waals surface area contributed by atoms with Gasteiger partial charge in [-0.05, 0) is 12.8 Å². The van der Waals surface area contributed by atoms with Crippen molar-refractivity contribution < 1.29 is 5.11 Å². The van der Waals surface area contributed by atoms with Crippen molar-refractivity contribution in [3.05, 3.63) is 11.9 Å². The highest BCUT2D eigenvalue weighted by molar-refractivity contribution is 4.94. The summed E-state index contributed by atoms with van der Waals surface area (Å²) in [6.07, 6.45) is 6.54. The lowest BCUT2D eigenvalue weighted by Gasteiger charge is -2.10. The van der Waals surface area contributed by atoms with E-state index in [0.717, 1.165) is 5.69 Å². The Morgan fingerprint density at radius 2 is 2.25 bits per heavy atom. The second-order valence-electron chi connectivity index (χ2n) is 3.27. The van der Waals surface area contributed by atoms with Crippen molar-refractivity contribution in [2.75, 3.05) is 0 Å². The molecule has 0 spiro atoms. The monoisotopic (exact) mass is 167 g/mol. The standard InChI is InChI=1S/C8H13N3O/c12-6-8-5-9-10-11(8)7-3-1-2-4-7/h5,7,12H,1-4,6H2. The summed E-state index contributed by atoms with van der Waals surface area (Å²) < 4.78 is 1.87. The first-order valence-corrected chi connectivity index (χ1v) is 4.41. The Kier molecular flexibility index (Phi) is 2.08. The fourth-order valence-electron chi connectivity index (χ4n) is 1.83. The minimum absolute atomic E-state index is 0.0451. The van der Waals surface area contributed by atoms with Crippen molar-refractivity contribution in [2.24, 2.45) is 0 Å². The summed E-state index contributed by atoms with van der Waals surface area (Å²) in [5, 5.41) is 16.7. The van der Waals surface area contributed by atoms with Crippen LogP contribution in [0.3, 0.4) is 0 Å². The molecule has 0 amide bonds. The molecule has 1 aliphatic rings. The van der Waals surface area contributed by atoms with Gasteiger partial charge < -0.3 is 5.11 Å². The van der Waals surface area contributed by atoms with Crippen molar-refractivity contribution in [1.29, 1.82) is 0 Å². The molecule has 0 radical (unpaired) electrons. The molecule has 0 saturated heterocycles. The summed E-state index contributed by atoms with van der Waals surface area (Å²) >= 11 is 0. The molecule has 0 atom stereocenters. The van der Waals surface area contributed by atoms with Crippen molar-refractivity contribution in [2.45, 2.75) is 38.3 Å². The van der Waals surface area contributed by atoms with E-state index in [0.29, 0.717) is 6.04 Å². The van der Waals surface area contributed by atoms with Crippen LogP contribution < -0.4 is 0 Å². The van der Waals surface area contributed by atoms with Crippen LogP contribution in [0.1, 0.15) is 37.4 Å². The van der Waals surface area contributed by atoms with Crippen LogP contribution in [0.2, 0.25) is 0 Å². The molecule has 4 heteroatoms. The molecule has 1 saturated carbocycles. The van der Waals surface area contributed by atoms with Gasteiger partial charge >= 0.3 is 0 Å². The van der Waals surface area contributed by atoms with Crippen LogP contribution in [0.4, 0.5) is 0 Å². The third-order valence-electron chi connectivity index (χ3n) is 2.48. The Labute approximate surface area is 71.2 Å². The van der Waals surface area contributed by atoms with Crippen LogP contribution in [0.5, 0.6) is 0 Å². The topological polar surface area (TPSA) is 50.9 Å². The number of hydrogen-bond acceptors (Lipinski definition) is 3. The van der Waals surface area contributed by atoms with Crippen LogP contribution >= 0.6 is 0 Å². The van der Waals surface area contributed by atoms with Gasteiger partial charge in [-0.2, -0.15) is 0 Å². The van der Waals surface area contributed by atoms with E-state index in [1.807, 2.05) is 4.68 Å².